The zero-order valence-corrected chi connectivity index (χ0v) is 13.0. The Morgan fingerprint density at radius 3 is 2.67 bits per heavy atom. The average molecular weight is 303 g/mol. The molecule has 0 amide bonds. The molecule has 0 fully saturated rings. The van der Waals surface area contributed by atoms with Crippen LogP contribution in [-0.2, 0) is 5.54 Å². The van der Waals surface area contributed by atoms with Crippen molar-refractivity contribution >= 4 is 11.8 Å². The van der Waals surface area contributed by atoms with Gasteiger partial charge in [-0.2, -0.15) is 0 Å². The molecule has 1 aromatic heterocycles. The molecular weight excluding hydrogens is 282 g/mol. The van der Waals surface area contributed by atoms with E-state index < -0.39 is 5.54 Å². The topological polar surface area (TPSA) is 58.0 Å². The van der Waals surface area contributed by atoms with Gasteiger partial charge in [-0.25, -0.2) is 4.98 Å². The van der Waals surface area contributed by atoms with Crippen LogP contribution in [0.3, 0.4) is 0 Å². The van der Waals surface area contributed by atoms with Crippen LogP contribution in [0.2, 0.25) is 0 Å². The van der Waals surface area contributed by atoms with Crippen LogP contribution in [0.25, 0.3) is 0 Å². The summed E-state index contributed by atoms with van der Waals surface area (Å²) in [7, 11) is 0. The molecule has 1 aromatic carbocycles. The molecule has 0 spiro atoms. The van der Waals surface area contributed by atoms with Gasteiger partial charge in [0.1, 0.15) is 5.03 Å². The molecule has 0 saturated heterocycles. The van der Waals surface area contributed by atoms with Gasteiger partial charge in [-0.1, -0.05) is 37.3 Å². The zero-order chi connectivity index (χ0) is 15.0. The fourth-order valence-electron chi connectivity index (χ4n) is 2.35. The van der Waals surface area contributed by atoms with Gasteiger partial charge in [-0.15, -0.1) is 11.8 Å². The van der Waals surface area contributed by atoms with E-state index in [1.807, 2.05) is 18.2 Å². The molecule has 1 atom stereocenters. The van der Waals surface area contributed by atoms with Gasteiger partial charge in [0.05, 0.1) is 18.3 Å². The smallest absolute Gasteiger partial charge is 0.114 e. The maximum absolute atomic E-state index is 9.96. The van der Waals surface area contributed by atoms with Gasteiger partial charge in [-0.3, -0.25) is 4.98 Å². The molecule has 21 heavy (non-hydrogen) atoms. The summed E-state index contributed by atoms with van der Waals surface area (Å²) in [5.41, 5.74) is 0.722. The van der Waals surface area contributed by atoms with Crippen molar-refractivity contribution in [1.29, 1.82) is 0 Å². The van der Waals surface area contributed by atoms with Crippen LogP contribution in [-0.4, -0.2) is 34.0 Å². The van der Waals surface area contributed by atoms with Crippen molar-refractivity contribution in [3.8, 4) is 0 Å². The summed E-state index contributed by atoms with van der Waals surface area (Å²) in [6.07, 6.45) is 5.96. The predicted octanol–water partition coefficient (Wildman–Crippen LogP) is 2.46. The highest BCUT2D eigenvalue weighted by molar-refractivity contribution is 7.99. The van der Waals surface area contributed by atoms with Gasteiger partial charge in [0.15, 0.2) is 0 Å². The molecule has 0 aliphatic carbocycles. The summed E-state index contributed by atoms with van der Waals surface area (Å²) < 4.78 is 0. The monoisotopic (exact) mass is 303 g/mol. The molecule has 4 nitrogen and oxygen atoms in total. The number of benzene rings is 1. The fourth-order valence-corrected chi connectivity index (χ4v) is 3.28. The van der Waals surface area contributed by atoms with Crippen molar-refractivity contribution in [3.63, 3.8) is 0 Å². The Bertz CT molecular complexity index is 524. The summed E-state index contributed by atoms with van der Waals surface area (Å²) in [6.45, 7) is 2.94. The fraction of sp³-hybridized carbons (Fsp3) is 0.375. The van der Waals surface area contributed by atoms with E-state index >= 15 is 0 Å². The van der Waals surface area contributed by atoms with Crippen LogP contribution in [0, 0.1) is 0 Å². The Morgan fingerprint density at radius 1 is 1.24 bits per heavy atom. The minimum absolute atomic E-state index is 0.0753. The minimum Gasteiger partial charge on any atom is -0.394 e. The molecule has 5 heteroatoms. The molecule has 1 heterocycles. The van der Waals surface area contributed by atoms with Gasteiger partial charge in [0.25, 0.3) is 0 Å². The number of hydrogen-bond acceptors (Lipinski definition) is 5. The van der Waals surface area contributed by atoms with E-state index in [2.05, 4.69) is 34.3 Å². The Labute approximate surface area is 130 Å². The first-order valence-electron chi connectivity index (χ1n) is 7.11. The Balaban J connectivity index is 2.06. The number of aliphatic hydroxyl groups is 1. The summed E-state index contributed by atoms with van der Waals surface area (Å²) in [5.74, 6) is 0.862. The lowest BCUT2D eigenvalue weighted by atomic mass is 9.88. The second kappa shape index (κ2) is 8.12. The Kier molecular flexibility index (Phi) is 6.17. The summed E-state index contributed by atoms with van der Waals surface area (Å²) in [5, 5.41) is 14.3. The van der Waals surface area contributed by atoms with Crippen molar-refractivity contribution in [3.05, 3.63) is 54.5 Å². The molecule has 0 aliphatic rings. The van der Waals surface area contributed by atoms with Gasteiger partial charge < -0.3 is 10.4 Å². The second-order valence-electron chi connectivity index (χ2n) is 4.78. The van der Waals surface area contributed by atoms with Crippen LogP contribution >= 0.6 is 11.8 Å². The molecule has 0 bridgehead atoms. The van der Waals surface area contributed by atoms with Gasteiger partial charge in [0, 0.05) is 18.1 Å². The number of nitrogens with one attached hydrogen (secondary N) is 1. The van der Waals surface area contributed by atoms with Crippen LogP contribution in [0.1, 0.15) is 18.9 Å². The van der Waals surface area contributed by atoms with Crippen molar-refractivity contribution in [2.75, 3.05) is 18.9 Å². The van der Waals surface area contributed by atoms with Crippen molar-refractivity contribution < 1.29 is 5.11 Å². The maximum atomic E-state index is 9.96. The van der Waals surface area contributed by atoms with E-state index in [0.29, 0.717) is 0 Å². The molecule has 2 rings (SSSR count). The lowest BCUT2D eigenvalue weighted by Gasteiger charge is -2.33. The molecule has 1 unspecified atom stereocenters. The third-order valence-electron chi connectivity index (χ3n) is 3.43. The number of aliphatic hydroxyl groups excluding tert-OH is 1. The number of rotatable bonds is 8. The molecule has 2 aromatic rings. The number of nitrogens with zero attached hydrogens (tertiary/aromatic N) is 2. The van der Waals surface area contributed by atoms with E-state index in [1.165, 1.54) is 0 Å². The Hall–Kier alpha value is -1.43. The first-order valence-corrected chi connectivity index (χ1v) is 8.09. The van der Waals surface area contributed by atoms with E-state index in [9.17, 15) is 5.11 Å². The van der Waals surface area contributed by atoms with Crippen LogP contribution in [0.15, 0.2) is 53.9 Å². The molecular formula is C16H21N3OS. The summed E-state index contributed by atoms with van der Waals surface area (Å²) in [6, 6.07) is 10.1. The van der Waals surface area contributed by atoms with Gasteiger partial charge in [0.2, 0.25) is 0 Å². The lowest BCUT2D eigenvalue weighted by Crippen LogP contribution is -2.46. The number of thioether (sulfide) groups is 1. The van der Waals surface area contributed by atoms with Gasteiger partial charge in [-0.05, 0) is 18.5 Å². The highest BCUT2D eigenvalue weighted by Crippen LogP contribution is 2.28. The summed E-state index contributed by atoms with van der Waals surface area (Å²) >= 11 is 1.66. The number of aromatic nitrogens is 2. The zero-order valence-electron chi connectivity index (χ0n) is 12.2. The number of likely N-dealkylation sites (N-methyl/N-ethyl adjacent to an activating group) is 1. The van der Waals surface area contributed by atoms with Crippen molar-refractivity contribution in [1.82, 2.24) is 15.3 Å². The minimum atomic E-state index is -0.398. The largest absolute Gasteiger partial charge is 0.394 e. The molecule has 0 radical (unpaired) electrons. The van der Waals surface area contributed by atoms with Crippen LogP contribution in [0.4, 0.5) is 0 Å². The third-order valence-corrected chi connectivity index (χ3v) is 4.34. The number of hydrogen-bond donors (Lipinski definition) is 2. The molecule has 112 valence electrons. The van der Waals surface area contributed by atoms with Crippen molar-refractivity contribution in [2.24, 2.45) is 0 Å². The standard InChI is InChI=1S/C16H21N3OS/c1-2-19-16(13-20,14-6-4-3-5-7-14)8-11-21-15-12-17-9-10-18-15/h3-7,9-10,12,19-20H,2,8,11,13H2,1H3. The third kappa shape index (κ3) is 4.27. The SMILES string of the molecule is CCNC(CO)(CCSc1cnccn1)c1ccccc1. The van der Waals surface area contributed by atoms with Crippen LogP contribution in [0.5, 0.6) is 0 Å². The van der Waals surface area contributed by atoms with Crippen molar-refractivity contribution in [2.45, 2.75) is 23.9 Å². The average Bonchev–Trinajstić information content (AvgIpc) is 2.56. The highest BCUT2D eigenvalue weighted by Gasteiger charge is 2.30. The maximum Gasteiger partial charge on any atom is 0.114 e. The summed E-state index contributed by atoms with van der Waals surface area (Å²) in [4.78, 5) is 8.33. The Morgan fingerprint density at radius 2 is 2.05 bits per heavy atom. The van der Waals surface area contributed by atoms with E-state index in [-0.39, 0.29) is 6.61 Å². The van der Waals surface area contributed by atoms with E-state index in [4.69, 9.17) is 0 Å². The lowest BCUT2D eigenvalue weighted by molar-refractivity contribution is 0.158. The molecule has 2 N–H and O–H groups in total. The predicted molar refractivity (Wildman–Crippen MR) is 86.3 cm³/mol. The van der Waals surface area contributed by atoms with Crippen LogP contribution < -0.4 is 5.32 Å². The van der Waals surface area contributed by atoms with E-state index in [0.717, 1.165) is 29.3 Å². The van der Waals surface area contributed by atoms with E-state index in [1.54, 1.807) is 30.4 Å². The normalized spacial score (nSPS) is 13.8. The quantitative estimate of drug-likeness (QED) is 0.734. The first kappa shape index (κ1) is 15.9. The molecule has 0 saturated carbocycles. The first-order chi connectivity index (χ1) is 10.3. The second-order valence-corrected chi connectivity index (χ2v) is 5.89. The molecule has 0 aliphatic heterocycles. The van der Waals surface area contributed by atoms with Gasteiger partial charge >= 0.3 is 0 Å². The highest BCUT2D eigenvalue weighted by atomic mass is 32.2.